The Morgan fingerprint density at radius 2 is 2.05 bits per heavy atom. The van der Waals surface area contributed by atoms with Gasteiger partial charge in [0.15, 0.2) is 0 Å². The summed E-state index contributed by atoms with van der Waals surface area (Å²) in [6.45, 7) is 9.94. The van der Waals surface area contributed by atoms with Gasteiger partial charge in [0.05, 0.1) is 0 Å². The zero-order chi connectivity index (χ0) is 14.8. The van der Waals surface area contributed by atoms with E-state index in [1.165, 1.54) is 36.8 Å². The van der Waals surface area contributed by atoms with E-state index < -0.39 is 0 Å². The molecule has 20 heavy (non-hydrogen) atoms. The molecule has 114 valence electrons. The molecule has 0 saturated heterocycles. The zero-order valence-corrected chi connectivity index (χ0v) is 13.8. The minimum atomic E-state index is 0.647. The van der Waals surface area contributed by atoms with Crippen LogP contribution in [-0.4, -0.2) is 31.1 Å². The second-order valence-corrected chi connectivity index (χ2v) is 6.08. The lowest BCUT2D eigenvalue weighted by Gasteiger charge is -2.19. The van der Waals surface area contributed by atoms with Crippen molar-refractivity contribution in [1.29, 1.82) is 0 Å². The SMILES string of the molecule is CCCCCC(C)NCCN(C)Cc1cccc(C)c1. The van der Waals surface area contributed by atoms with Crippen molar-refractivity contribution >= 4 is 0 Å². The summed E-state index contributed by atoms with van der Waals surface area (Å²) in [4.78, 5) is 2.39. The van der Waals surface area contributed by atoms with Crippen molar-refractivity contribution in [3.8, 4) is 0 Å². The van der Waals surface area contributed by atoms with Gasteiger partial charge >= 0.3 is 0 Å². The van der Waals surface area contributed by atoms with Crippen molar-refractivity contribution in [1.82, 2.24) is 10.2 Å². The molecule has 2 heteroatoms. The van der Waals surface area contributed by atoms with Crippen molar-refractivity contribution in [2.45, 2.75) is 59.0 Å². The van der Waals surface area contributed by atoms with E-state index >= 15 is 0 Å². The van der Waals surface area contributed by atoms with Gasteiger partial charge in [0.2, 0.25) is 0 Å². The van der Waals surface area contributed by atoms with Crippen LogP contribution >= 0.6 is 0 Å². The van der Waals surface area contributed by atoms with E-state index in [9.17, 15) is 0 Å². The fourth-order valence-electron chi connectivity index (χ4n) is 2.51. The molecule has 0 bridgehead atoms. The van der Waals surface area contributed by atoms with Crippen LogP contribution in [0.5, 0.6) is 0 Å². The van der Waals surface area contributed by atoms with E-state index in [1.807, 2.05) is 0 Å². The second kappa shape index (κ2) is 9.95. The Bertz CT molecular complexity index is 362. The smallest absolute Gasteiger partial charge is 0.0231 e. The third-order valence-electron chi connectivity index (χ3n) is 3.76. The third kappa shape index (κ3) is 7.66. The molecule has 0 aliphatic rings. The van der Waals surface area contributed by atoms with E-state index in [0.717, 1.165) is 19.6 Å². The maximum Gasteiger partial charge on any atom is 0.0231 e. The highest BCUT2D eigenvalue weighted by Crippen LogP contribution is 2.06. The molecule has 1 N–H and O–H groups in total. The minimum Gasteiger partial charge on any atom is -0.313 e. The maximum atomic E-state index is 3.63. The quantitative estimate of drug-likeness (QED) is 0.650. The topological polar surface area (TPSA) is 15.3 Å². The van der Waals surface area contributed by atoms with Gasteiger partial charge in [0, 0.05) is 25.7 Å². The predicted molar refractivity (Wildman–Crippen MR) is 89.1 cm³/mol. The Hall–Kier alpha value is -0.860. The number of benzene rings is 1. The molecule has 2 nitrogen and oxygen atoms in total. The minimum absolute atomic E-state index is 0.647. The molecule has 1 rings (SSSR count). The Morgan fingerprint density at radius 1 is 1.25 bits per heavy atom. The van der Waals surface area contributed by atoms with Crippen LogP contribution < -0.4 is 5.32 Å². The highest BCUT2D eigenvalue weighted by atomic mass is 15.1. The number of hydrogen-bond donors (Lipinski definition) is 1. The van der Waals surface area contributed by atoms with Gasteiger partial charge in [-0.25, -0.2) is 0 Å². The molecule has 1 aromatic rings. The number of hydrogen-bond acceptors (Lipinski definition) is 2. The maximum absolute atomic E-state index is 3.63. The van der Waals surface area contributed by atoms with Crippen LogP contribution in [0.4, 0.5) is 0 Å². The zero-order valence-electron chi connectivity index (χ0n) is 13.8. The molecule has 1 aromatic carbocycles. The molecular formula is C18H32N2. The summed E-state index contributed by atoms with van der Waals surface area (Å²) in [6, 6.07) is 9.44. The molecule has 0 aliphatic heterocycles. The Morgan fingerprint density at radius 3 is 2.75 bits per heavy atom. The van der Waals surface area contributed by atoms with Crippen molar-refractivity contribution in [3.63, 3.8) is 0 Å². The van der Waals surface area contributed by atoms with E-state index in [0.29, 0.717) is 6.04 Å². The van der Waals surface area contributed by atoms with Gasteiger partial charge in [-0.3, -0.25) is 0 Å². The lowest BCUT2D eigenvalue weighted by atomic mass is 10.1. The van der Waals surface area contributed by atoms with Crippen molar-refractivity contribution < 1.29 is 0 Å². The summed E-state index contributed by atoms with van der Waals surface area (Å²) in [6.07, 6.45) is 5.32. The van der Waals surface area contributed by atoms with Gasteiger partial charge in [-0.05, 0) is 32.9 Å². The lowest BCUT2D eigenvalue weighted by Crippen LogP contribution is -2.34. The first-order valence-corrected chi connectivity index (χ1v) is 8.09. The van der Waals surface area contributed by atoms with Crippen LogP contribution in [0.1, 0.15) is 50.7 Å². The van der Waals surface area contributed by atoms with Gasteiger partial charge in [-0.1, -0.05) is 56.0 Å². The van der Waals surface area contributed by atoms with E-state index in [1.54, 1.807) is 0 Å². The summed E-state index contributed by atoms with van der Waals surface area (Å²) in [7, 11) is 2.20. The highest BCUT2D eigenvalue weighted by Gasteiger charge is 2.03. The van der Waals surface area contributed by atoms with Gasteiger partial charge < -0.3 is 10.2 Å². The first kappa shape index (κ1) is 17.2. The Labute approximate surface area is 125 Å². The molecule has 0 heterocycles. The molecule has 1 atom stereocenters. The van der Waals surface area contributed by atoms with Gasteiger partial charge in [-0.15, -0.1) is 0 Å². The van der Waals surface area contributed by atoms with E-state index in [2.05, 4.69) is 62.3 Å². The molecular weight excluding hydrogens is 244 g/mol. The fourth-order valence-corrected chi connectivity index (χ4v) is 2.51. The van der Waals surface area contributed by atoms with Crippen molar-refractivity contribution in [3.05, 3.63) is 35.4 Å². The van der Waals surface area contributed by atoms with Crippen molar-refractivity contribution in [2.75, 3.05) is 20.1 Å². The van der Waals surface area contributed by atoms with Crippen LogP contribution in [0.3, 0.4) is 0 Å². The van der Waals surface area contributed by atoms with Crippen LogP contribution in [0.15, 0.2) is 24.3 Å². The second-order valence-electron chi connectivity index (χ2n) is 6.08. The number of nitrogens with zero attached hydrogens (tertiary/aromatic N) is 1. The molecule has 0 aliphatic carbocycles. The fraction of sp³-hybridized carbons (Fsp3) is 0.667. The number of unbranched alkanes of at least 4 members (excludes halogenated alkanes) is 2. The normalized spacial score (nSPS) is 12.8. The summed E-state index contributed by atoms with van der Waals surface area (Å²) < 4.78 is 0. The Kier molecular flexibility index (Phi) is 8.56. The summed E-state index contributed by atoms with van der Waals surface area (Å²) >= 11 is 0. The van der Waals surface area contributed by atoms with Crippen molar-refractivity contribution in [2.24, 2.45) is 0 Å². The molecule has 0 radical (unpaired) electrons. The standard InChI is InChI=1S/C18H32N2/c1-5-6-7-10-17(3)19-12-13-20(4)15-18-11-8-9-16(2)14-18/h8-9,11,14,17,19H,5-7,10,12-13,15H2,1-4H3. The molecule has 0 spiro atoms. The first-order valence-electron chi connectivity index (χ1n) is 8.09. The van der Waals surface area contributed by atoms with Crippen LogP contribution in [-0.2, 0) is 6.54 Å². The molecule has 1 unspecified atom stereocenters. The van der Waals surface area contributed by atoms with Crippen LogP contribution in [0.25, 0.3) is 0 Å². The monoisotopic (exact) mass is 276 g/mol. The largest absolute Gasteiger partial charge is 0.313 e. The van der Waals surface area contributed by atoms with E-state index in [4.69, 9.17) is 0 Å². The van der Waals surface area contributed by atoms with Gasteiger partial charge in [0.25, 0.3) is 0 Å². The van der Waals surface area contributed by atoms with Gasteiger partial charge in [-0.2, -0.15) is 0 Å². The Balaban J connectivity index is 2.15. The average Bonchev–Trinajstić information content (AvgIpc) is 2.39. The number of rotatable bonds is 10. The van der Waals surface area contributed by atoms with Crippen LogP contribution in [0, 0.1) is 6.92 Å². The molecule has 0 saturated carbocycles. The lowest BCUT2D eigenvalue weighted by molar-refractivity contribution is 0.315. The number of nitrogens with one attached hydrogen (secondary N) is 1. The molecule has 0 fully saturated rings. The summed E-state index contributed by atoms with van der Waals surface area (Å²) in [5.41, 5.74) is 2.75. The van der Waals surface area contributed by atoms with Crippen LogP contribution in [0.2, 0.25) is 0 Å². The van der Waals surface area contributed by atoms with E-state index in [-0.39, 0.29) is 0 Å². The summed E-state index contributed by atoms with van der Waals surface area (Å²) in [5.74, 6) is 0. The highest BCUT2D eigenvalue weighted by molar-refractivity contribution is 5.21. The number of likely N-dealkylation sites (N-methyl/N-ethyl adjacent to an activating group) is 1. The average molecular weight is 276 g/mol. The number of aryl methyl sites for hydroxylation is 1. The third-order valence-corrected chi connectivity index (χ3v) is 3.76. The van der Waals surface area contributed by atoms with Gasteiger partial charge in [0.1, 0.15) is 0 Å². The summed E-state index contributed by atoms with van der Waals surface area (Å²) in [5, 5.41) is 3.63. The predicted octanol–water partition coefficient (Wildman–Crippen LogP) is 3.99. The molecule has 0 amide bonds. The molecule has 0 aromatic heterocycles. The first-order chi connectivity index (χ1) is 9.61.